The maximum absolute atomic E-state index is 11.1. The number of hydrogen-bond acceptors (Lipinski definition) is 7. The quantitative estimate of drug-likeness (QED) is 0.295. The van der Waals surface area contributed by atoms with Gasteiger partial charge in [0.1, 0.15) is 18.0 Å². The third-order valence-electron chi connectivity index (χ3n) is 4.53. The van der Waals surface area contributed by atoms with Crippen molar-refractivity contribution < 1.29 is 29.0 Å². The van der Waals surface area contributed by atoms with Crippen molar-refractivity contribution in [2.75, 3.05) is 14.2 Å². The number of ether oxygens (including phenoxy) is 3. The van der Waals surface area contributed by atoms with Gasteiger partial charge in [-0.2, -0.15) is 0 Å². The van der Waals surface area contributed by atoms with Crippen LogP contribution in [0.4, 0.5) is 11.4 Å². The zero-order valence-corrected chi connectivity index (χ0v) is 17.3. The van der Waals surface area contributed by atoms with Crippen LogP contribution in [-0.4, -0.2) is 36.4 Å². The number of para-hydroxylation sites is 1. The lowest BCUT2D eigenvalue weighted by Gasteiger charge is -2.13. The maximum Gasteiger partial charge on any atom is 0.335 e. The van der Waals surface area contributed by atoms with Crippen molar-refractivity contribution in [2.24, 2.45) is 4.99 Å². The van der Waals surface area contributed by atoms with Gasteiger partial charge in [-0.15, -0.1) is 0 Å². The number of aliphatic imine (C=N–C) groups is 1. The Balaban J connectivity index is 1.89. The number of aromatic carboxylic acids is 1. The van der Waals surface area contributed by atoms with Crippen molar-refractivity contribution in [3.05, 3.63) is 87.5 Å². The highest BCUT2D eigenvalue weighted by Crippen LogP contribution is 2.34. The van der Waals surface area contributed by atoms with Crippen molar-refractivity contribution >= 4 is 23.6 Å². The molecule has 9 nitrogen and oxygen atoms in total. The van der Waals surface area contributed by atoms with E-state index >= 15 is 0 Å². The summed E-state index contributed by atoms with van der Waals surface area (Å²) in [5.74, 6) is 0.278. The average Bonchev–Trinajstić information content (AvgIpc) is 2.81. The Hall–Kier alpha value is -4.40. The smallest absolute Gasteiger partial charge is 0.335 e. The lowest BCUT2D eigenvalue weighted by Crippen LogP contribution is -2.02. The van der Waals surface area contributed by atoms with Crippen LogP contribution in [0.5, 0.6) is 17.2 Å². The summed E-state index contributed by atoms with van der Waals surface area (Å²) < 4.78 is 16.6. The maximum atomic E-state index is 11.1. The summed E-state index contributed by atoms with van der Waals surface area (Å²) in [6, 6.07) is 15.7. The number of benzene rings is 3. The van der Waals surface area contributed by atoms with E-state index < -0.39 is 10.9 Å². The molecular formula is C23H20N2O7. The number of carboxylic acid groups (broad SMARTS) is 1. The first-order valence-electron chi connectivity index (χ1n) is 9.41. The molecule has 0 atom stereocenters. The highest BCUT2D eigenvalue weighted by molar-refractivity contribution is 5.88. The van der Waals surface area contributed by atoms with Crippen LogP contribution in [0.3, 0.4) is 0 Å². The summed E-state index contributed by atoms with van der Waals surface area (Å²) in [5, 5.41) is 20.1. The molecule has 0 bridgehead atoms. The molecule has 3 aromatic carbocycles. The molecule has 0 aliphatic carbocycles. The molecule has 32 heavy (non-hydrogen) atoms. The van der Waals surface area contributed by atoms with E-state index in [-0.39, 0.29) is 17.9 Å². The summed E-state index contributed by atoms with van der Waals surface area (Å²) >= 11 is 0. The van der Waals surface area contributed by atoms with E-state index in [2.05, 4.69) is 4.99 Å². The number of rotatable bonds is 9. The molecule has 0 amide bonds. The number of nitro groups is 1. The van der Waals surface area contributed by atoms with Gasteiger partial charge in [0.2, 0.25) is 0 Å². The first-order chi connectivity index (χ1) is 15.4. The summed E-state index contributed by atoms with van der Waals surface area (Å²) in [6.45, 7) is 0.168. The van der Waals surface area contributed by atoms with Crippen LogP contribution in [0.25, 0.3) is 0 Å². The zero-order valence-electron chi connectivity index (χ0n) is 17.3. The van der Waals surface area contributed by atoms with Gasteiger partial charge in [0, 0.05) is 23.9 Å². The fourth-order valence-corrected chi connectivity index (χ4v) is 2.88. The van der Waals surface area contributed by atoms with E-state index in [9.17, 15) is 14.9 Å². The standard InChI is InChI=1S/C23H20N2O7/c1-30-20-11-10-18(25(28)29)12-19(20)24-13-17-4-3-5-21(31-2)22(17)32-14-15-6-8-16(9-7-15)23(26)27/h3-13H,14H2,1-2H3,(H,26,27). The van der Waals surface area contributed by atoms with E-state index in [1.807, 2.05) is 0 Å². The Morgan fingerprint density at radius 2 is 1.78 bits per heavy atom. The van der Waals surface area contributed by atoms with Gasteiger partial charge >= 0.3 is 5.97 Å². The molecular weight excluding hydrogens is 416 g/mol. The van der Waals surface area contributed by atoms with Crippen molar-refractivity contribution in [2.45, 2.75) is 6.61 Å². The molecule has 0 saturated heterocycles. The van der Waals surface area contributed by atoms with Gasteiger partial charge in [0.05, 0.1) is 24.7 Å². The van der Waals surface area contributed by atoms with Gasteiger partial charge < -0.3 is 19.3 Å². The van der Waals surface area contributed by atoms with Gasteiger partial charge in [-0.25, -0.2) is 4.79 Å². The predicted molar refractivity (Wildman–Crippen MR) is 118 cm³/mol. The molecule has 0 fully saturated rings. The van der Waals surface area contributed by atoms with Gasteiger partial charge in [-0.3, -0.25) is 15.1 Å². The lowest BCUT2D eigenvalue weighted by atomic mass is 10.1. The van der Waals surface area contributed by atoms with Gasteiger partial charge in [0.15, 0.2) is 11.5 Å². The second kappa shape index (κ2) is 10.1. The summed E-state index contributed by atoms with van der Waals surface area (Å²) in [7, 11) is 2.96. The van der Waals surface area contributed by atoms with Crippen molar-refractivity contribution in [1.29, 1.82) is 0 Å². The number of carbonyl (C=O) groups is 1. The summed E-state index contributed by atoms with van der Waals surface area (Å²) in [6.07, 6.45) is 1.51. The molecule has 3 rings (SSSR count). The Morgan fingerprint density at radius 1 is 1.06 bits per heavy atom. The molecule has 3 aromatic rings. The SMILES string of the molecule is COc1ccc([N+](=O)[O-])cc1N=Cc1cccc(OC)c1OCc1ccc(C(=O)O)cc1. The average molecular weight is 436 g/mol. The van der Waals surface area contributed by atoms with Crippen LogP contribution < -0.4 is 14.2 Å². The largest absolute Gasteiger partial charge is 0.494 e. The summed E-state index contributed by atoms with van der Waals surface area (Å²) in [4.78, 5) is 25.9. The van der Waals surface area contributed by atoms with Crippen LogP contribution >= 0.6 is 0 Å². The van der Waals surface area contributed by atoms with E-state index in [1.165, 1.54) is 50.8 Å². The van der Waals surface area contributed by atoms with Crippen molar-refractivity contribution in [1.82, 2.24) is 0 Å². The topological polar surface area (TPSA) is 120 Å². The third-order valence-corrected chi connectivity index (χ3v) is 4.53. The van der Waals surface area contributed by atoms with E-state index in [0.29, 0.717) is 28.5 Å². The van der Waals surface area contributed by atoms with Gasteiger partial charge in [-0.05, 0) is 35.9 Å². The minimum absolute atomic E-state index is 0.107. The first kappa shape index (κ1) is 22.3. The molecule has 0 aromatic heterocycles. The number of nitro benzene ring substituents is 1. The molecule has 0 aliphatic heterocycles. The van der Waals surface area contributed by atoms with Crippen LogP contribution in [-0.2, 0) is 6.61 Å². The monoisotopic (exact) mass is 436 g/mol. The molecule has 1 N–H and O–H groups in total. The minimum Gasteiger partial charge on any atom is -0.494 e. The number of carboxylic acids is 1. The minimum atomic E-state index is -1.00. The number of non-ortho nitro benzene ring substituents is 1. The number of methoxy groups -OCH3 is 2. The van der Waals surface area contributed by atoms with Crippen molar-refractivity contribution in [3.8, 4) is 17.2 Å². The molecule has 0 saturated carbocycles. The van der Waals surface area contributed by atoms with Crippen LogP contribution in [0.1, 0.15) is 21.5 Å². The Labute approximate surface area is 183 Å². The summed E-state index contributed by atoms with van der Waals surface area (Å²) in [5.41, 5.74) is 1.72. The molecule has 0 spiro atoms. The van der Waals surface area contributed by atoms with Crippen LogP contribution in [0, 0.1) is 10.1 Å². The van der Waals surface area contributed by atoms with Crippen molar-refractivity contribution in [3.63, 3.8) is 0 Å². The lowest BCUT2D eigenvalue weighted by molar-refractivity contribution is -0.384. The molecule has 0 unspecified atom stereocenters. The number of nitrogens with zero attached hydrogens (tertiary/aromatic N) is 2. The Bertz CT molecular complexity index is 1160. The first-order valence-corrected chi connectivity index (χ1v) is 9.41. The van der Waals surface area contributed by atoms with Gasteiger partial charge in [0.25, 0.3) is 5.69 Å². The highest BCUT2D eigenvalue weighted by Gasteiger charge is 2.13. The molecule has 0 heterocycles. The van der Waals surface area contributed by atoms with E-state index in [0.717, 1.165) is 5.56 Å². The fraction of sp³-hybridized carbons (Fsp3) is 0.130. The third kappa shape index (κ3) is 5.20. The van der Waals surface area contributed by atoms with Crippen LogP contribution in [0.2, 0.25) is 0 Å². The molecule has 9 heteroatoms. The highest BCUT2D eigenvalue weighted by atomic mass is 16.6. The van der Waals surface area contributed by atoms with E-state index in [1.54, 1.807) is 30.3 Å². The van der Waals surface area contributed by atoms with E-state index in [4.69, 9.17) is 19.3 Å². The normalized spacial score (nSPS) is 10.7. The molecule has 0 radical (unpaired) electrons. The second-order valence-electron chi connectivity index (χ2n) is 6.54. The molecule has 164 valence electrons. The molecule has 0 aliphatic rings. The predicted octanol–water partition coefficient (Wildman–Crippen LogP) is 4.64. The Morgan fingerprint density at radius 3 is 2.41 bits per heavy atom. The van der Waals surface area contributed by atoms with Gasteiger partial charge in [-0.1, -0.05) is 18.2 Å². The second-order valence-corrected chi connectivity index (χ2v) is 6.54. The van der Waals surface area contributed by atoms with Crippen LogP contribution in [0.15, 0.2) is 65.7 Å². The number of hydrogen-bond donors (Lipinski definition) is 1. The Kier molecular flexibility index (Phi) is 7.02. The zero-order chi connectivity index (χ0) is 23.1. The fourth-order valence-electron chi connectivity index (χ4n) is 2.88.